The molecule has 2 rings (SSSR count). The molecule has 1 aromatic heterocycles. The molecule has 4 heteroatoms. The summed E-state index contributed by atoms with van der Waals surface area (Å²) in [5, 5.41) is 8.76. The normalized spacial score (nSPS) is 9.89. The highest BCUT2D eigenvalue weighted by atomic mass is 16.5. The number of nitrogens with zero attached hydrogens (tertiary/aromatic N) is 2. The molecule has 0 atom stereocenters. The number of nitriles is 1. The SMILES string of the molecule is N#Cc1cc(COc2ccc(CCN)cc2)ccn1. The van der Waals surface area contributed by atoms with Crippen molar-refractivity contribution in [1.82, 2.24) is 4.98 Å². The molecule has 0 unspecified atom stereocenters. The molecular formula is C15H15N3O. The lowest BCUT2D eigenvalue weighted by molar-refractivity contribution is 0.306. The number of pyridine rings is 1. The van der Waals surface area contributed by atoms with Crippen molar-refractivity contribution in [3.05, 3.63) is 59.4 Å². The van der Waals surface area contributed by atoms with Crippen molar-refractivity contribution in [2.45, 2.75) is 13.0 Å². The first kappa shape index (κ1) is 13.1. The van der Waals surface area contributed by atoms with Crippen LogP contribution in [0.1, 0.15) is 16.8 Å². The molecule has 2 N–H and O–H groups in total. The summed E-state index contributed by atoms with van der Waals surface area (Å²) in [7, 11) is 0. The second-order valence-electron chi connectivity index (χ2n) is 4.13. The molecule has 0 aliphatic carbocycles. The highest BCUT2D eigenvalue weighted by molar-refractivity contribution is 5.29. The minimum Gasteiger partial charge on any atom is -0.489 e. The molecule has 0 spiro atoms. The largest absolute Gasteiger partial charge is 0.489 e. The van der Waals surface area contributed by atoms with Crippen LogP contribution in [-0.2, 0) is 13.0 Å². The standard InChI is InChI=1S/C15H15N3O/c16-7-5-12-1-3-15(4-2-12)19-11-13-6-8-18-14(9-13)10-17/h1-4,6,8-9H,5,7,11,16H2. The lowest BCUT2D eigenvalue weighted by Crippen LogP contribution is -2.02. The Labute approximate surface area is 112 Å². The van der Waals surface area contributed by atoms with E-state index >= 15 is 0 Å². The minimum atomic E-state index is 0.402. The van der Waals surface area contributed by atoms with Crippen LogP contribution in [0.5, 0.6) is 5.75 Å². The van der Waals surface area contributed by atoms with Gasteiger partial charge in [-0.25, -0.2) is 4.98 Å². The third-order valence-corrected chi connectivity index (χ3v) is 2.70. The maximum absolute atomic E-state index is 8.76. The molecule has 0 fully saturated rings. The van der Waals surface area contributed by atoms with E-state index in [0.717, 1.165) is 17.7 Å². The summed E-state index contributed by atoms with van der Waals surface area (Å²) in [5.74, 6) is 0.802. The number of ether oxygens (including phenoxy) is 1. The molecule has 0 bridgehead atoms. The topological polar surface area (TPSA) is 71.9 Å². The van der Waals surface area contributed by atoms with Crippen LogP contribution in [0.15, 0.2) is 42.6 Å². The van der Waals surface area contributed by atoms with Crippen LogP contribution in [0.4, 0.5) is 0 Å². The number of hydrogen-bond donors (Lipinski definition) is 1. The van der Waals surface area contributed by atoms with Crippen LogP contribution in [0.25, 0.3) is 0 Å². The predicted octanol–water partition coefficient (Wildman–Crippen LogP) is 2.03. The summed E-state index contributed by atoms with van der Waals surface area (Å²) in [6.45, 7) is 1.07. The van der Waals surface area contributed by atoms with E-state index in [1.165, 1.54) is 5.56 Å². The van der Waals surface area contributed by atoms with Crippen molar-refractivity contribution in [3.63, 3.8) is 0 Å². The van der Waals surface area contributed by atoms with Crippen molar-refractivity contribution >= 4 is 0 Å². The molecule has 0 amide bonds. The third kappa shape index (κ3) is 3.80. The van der Waals surface area contributed by atoms with Crippen molar-refractivity contribution in [2.75, 3.05) is 6.54 Å². The fraction of sp³-hybridized carbons (Fsp3) is 0.200. The van der Waals surface area contributed by atoms with Gasteiger partial charge in [0.15, 0.2) is 0 Å². The summed E-state index contributed by atoms with van der Waals surface area (Å²) in [6.07, 6.45) is 2.48. The molecule has 96 valence electrons. The Morgan fingerprint density at radius 2 is 1.95 bits per heavy atom. The fourth-order valence-corrected chi connectivity index (χ4v) is 1.71. The van der Waals surface area contributed by atoms with E-state index in [9.17, 15) is 0 Å². The Morgan fingerprint density at radius 3 is 2.63 bits per heavy atom. The Balaban J connectivity index is 1.96. The van der Waals surface area contributed by atoms with E-state index < -0.39 is 0 Å². The predicted molar refractivity (Wildman–Crippen MR) is 72.5 cm³/mol. The van der Waals surface area contributed by atoms with Crippen LogP contribution >= 0.6 is 0 Å². The van der Waals surface area contributed by atoms with Gasteiger partial charge in [0.2, 0.25) is 0 Å². The lowest BCUT2D eigenvalue weighted by atomic mass is 10.1. The molecule has 0 saturated heterocycles. The molecule has 4 nitrogen and oxygen atoms in total. The molecule has 0 aliphatic rings. The molecule has 19 heavy (non-hydrogen) atoms. The highest BCUT2D eigenvalue weighted by Crippen LogP contribution is 2.14. The molecule has 1 aromatic carbocycles. The van der Waals surface area contributed by atoms with E-state index in [1.807, 2.05) is 36.4 Å². The van der Waals surface area contributed by atoms with Crippen LogP contribution in [0, 0.1) is 11.3 Å². The summed E-state index contributed by atoms with van der Waals surface area (Å²) in [5.41, 5.74) is 8.03. The summed E-state index contributed by atoms with van der Waals surface area (Å²) >= 11 is 0. The first-order valence-electron chi connectivity index (χ1n) is 6.08. The minimum absolute atomic E-state index is 0.402. The maximum Gasteiger partial charge on any atom is 0.140 e. The van der Waals surface area contributed by atoms with Gasteiger partial charge in [-0.1, -0.05) is 12.1 Å². The summed E-state index contributed by atoms with van der Waals surface area (Å²) in [6, 6.07) is 13.4. The number of benzene rings is 1. The number of hydrogen-bond acceptors (Lipinski definition) is 4. The highest BCUT2D eigenvalue weighted by Gasteiger charge is 1.99. The van der Waals surface area contributed by atoms with Crippen molar-refractivity contribution in [3.8, 4) is 11.8 Å². The molecule has 0 radical (unpaired) electrons. The molecular weight excluding hydrogens is 238 g/mol. The second-order valence-corrected chi connectivity index (χ2v) is 4.13. The van der Waals surface area contributed by atoms with Gasteiger partial charge in [-0.15, -0.1) is 0 Å². The van der Waals surface area contributed by atoms with Gasteiger partial charge in [0.25, 0.3) is 0 Å². The van der Waals surface area contributed by atoms with Gasteiger partial charge in [0.1, 0.15) is 24.1 Å². The van der Waals surface area contributed by atoms with Crippen LogP contribution in [0.2, 0.25) is 0 Å². The average molecular weight is 253 g/mol. The van der Waals surface area contributed by atoms with Crippen molar-refractivity contribution < 1.29 is 4.74 Å². The zero-order valence-corrected chi connectivity index (χ0v) is 10.5. The first-order chi connectivity index (χ1) is 9.31. The van der Waals surface area contributed by atoms with Gasteiger partial charge >= 0.3 is 0 Å². The van der Waals surface area contributed by atoms with Gasteiger partial charge in [-0.3, -0.25) is 0 Å². The number of rotatable bonds is 5. The van der Waals surface area contributed by atoms with E-state index in [1.54, 1.807) is 12.3 Å². The van der Waals surface area contributed by atoms with E-state index in [-0.39, 0.29) is 0 Å². The van der Waals surface area contributed by atoms with Gasteiger partial charge in [0, 0.05) is 6.20 Å². The quantitative estimate of drug-likeness (QED) is 0.885. The van der Waals surface area contributed by atoms with Gasteiger partial charge in [-0.05, 0) is 48.4 Å². The maximum atomic E-state index is 8.76. The molecule has 0 aliphatic heterocycles. The Bertz CT molecular complexity index is 573. The van der Waals surface area contributed by atoms with Gasteiger partial charge in [0.05, 0.1) is 0 Å². The van der Waals surface area contributed by atoms with Crippen molar-refractivity contribution in [1.29, 1.82) is 5.26 Å². The monoisotopic (exact) mass is 253 g/mol. The smallest absolute Gasteiger partial charge is 0.140 e. The first-order valence-corrected chi connectivity index (χ1v) is 6.08. The zero-order valence-electron chi connectivity index (χ0n) is 10.5. The van der Waals surface area contributed by atoms with Crippen LogP contribution in [0.3, 0.4) is 0 Å². The molecule has 2 aromatic rings. The number of aromatic nitrogens is 1. The van der Waals surface area contributed by atoms with Crippen LogP contribution < -0.4 is 10.5 Å². The van der Waals surface area contributed by atoms with Gasteiger partial charge < -0.3 is 10.5 Å². The van der Waals surface area contributed by atoms with Gasteiger partial charge in [-0.2, -0.15) is 5.26 Å². The average Bonchev–Trinajstić information content (AvgIpc) is 2.47. The summed E-state index contributed by atoms with van der Waals surface area (Å²) in [4.78, 5) is 3.92. The lowest BCUT2D eigenvalue weighted by Gasteiger charge is -2.07. The Hall–Kier alpha value is -2.38. The van der Waals surface area contributed by atoms with Crippen molar-refractivity contribution in [2.24, 2.45) is 5.73 Å². The zero-order chi connectivity index (χ0) is 13.5. The van der Waals surface area contributed by atoms with E-state index in [2.05, 4.69) is 4.98 Å². The summed E-state index contributed by atoms with van der Waals surface area (Å²) < 4.78 is 5.66. The Kier molecular flexibility index (Phi) is 4.49. The number of nitrogens with two attached hydrogens (primary N) is 1. The van der Waals surface area contributed by atoms with Crippen LogP contribution in [-0.4, -0.2) is 11.5 Å². The third-order valence-electron chi connectivity index (χ3n) is 2.70. The fourth-order valence-electron chi connectivity index (χ4n) is 1.71. The second kappa shape index (κ2) is 6.53. The van der Waals surface area contributed by atoms with E-state index in [0.29, 0.717) is 18.8 Å². The Morgan fingerprint density at radius 1 is 1.16 bits per heavy atom. The molecule has 0 saturated carbocycles. The van der Waals surface area contributed by atoms with E-state index in [4.69, 9.17) is 15.7 Å². The molecule has 1 heterocycles.